The number of carbonyl (C=O) groups excluding carboxylic acids is 1. The number of aromatic nitrogens is 2. The quantitative estimate of drug-likeness (QED) is 0.337. The maximum absolute atomic E-state index is 11.8. The Kier molecular flexibility index (Phi) is 2.77. The zero-order valence-electron chi connectivity index (χ0n) is 9.83. The van der Waals surface area contributed by atoms with Crippen LogP contribution in [0.1, 0.15) is 5.69 Å². The van der Waals surface area contributed by atoms with E-state index in [2.05, 4.69) is 4.98 Å². The summed E-state index contributed by atoms with van der Waals surface area (Å²) in [6, 6.07) is 7.13. The van der Waals surface area contributed by atoms with Crippen molar-refractivity contribution in [3.63, 3.8) is 0 Å². The second-order valence-electron chi connectivity index (χ2n) is 4.59. The molecule has 0 fully saturated rings. The third-order valence-electron chi connectivity index (χ3n) is 2.50. The number of rotatable bonds is 3. The van der Waals surface area contributed by atoms with E-state index in [9.17, 15) is 10.0 Å². The highest BCUT2D eigenvalue weighted by atomic mass is 16.5. The molecule has 0 unspecified atom stereocenters. The predicted molar refractivity (Wildman–Crippen MR) is 62.6 cm³/mol. The van der Waals surface area contributed by atoms with E-state index in [0.717, 1.165) is 11.1 Å². The Hall–Kier alpha value is -2.01. The summed E-state index contributed by atoms with van der Waals surface area (Å²) in [6.45, 7) is 0.399. The van der Waals surface area contributed by atoms with Crippen LogP contribution >= 0.6 is 0 Å². The van der Waals surface area contributed by atoms with Gasteiger partial charge in [0.15, 0.2) is 5.69 Å². The Balaban J connectivity index is 2.47. The van der Waals surface area contributed by atoms with Gasteiger partial charge in [0, 0.05) is 6.07 Å². The van der Waals surface area contributed by atoms with E-state index in [-0.39, 0.29) is 4.48 Å². The largest absolute Gasteiger partial charge is 0.618 e. The molecular weight excluding hydrogens is 218 g/mol. The molecule has 0 N–H and O–H groups in total. The number of para-hydroxylation sites is 2. The fourth-order valence-corrected chi connectivity index (χ4v) is 1.66. The highest BCUT2D eigenvalue weighted by Gasteiger charge is 2.18. The highest BCUT2D eigenvalue weighted by Crippen LogP contribution is 2.09. The zero-order valence-corrected chi connectivity index (χ0v) is 9.83. The molecule has 2 rings (SSSR count). The van der Waals surface area contributed by atoms with Crippen molar-refractivity contribution in [3.05, 3.63) is 41.4 Å². The molecule has 0 atom stereocenters. The van der Waals surface area contributed by atoms with Crippen LogP contribution in [-0.4, -0.2) is 30.0 Å². The van der Waals surface area contributed by atoms with Crippen molar-refractivity contribution in [2.45, 2.75) is 6.54 Å². The van der Waals surface area contributed by atoms with E-state index in [1.54, 1.807) is 32.3 Å². The number of hydrogen-bond acceptors (Lipinski definition) is 3. The van der Waals surface area contributed by atoms with Crippen molar-refractivity contribution in [1.29, 1.82) is 0 Å². The number of amides is 1. The van der Waals surface area contributed by atoms with Crippen molar-refractivity contribution < 1.29 is 14.0 Å². The van der Waals surface area contributed by atoms with Gasteiger partial charge >= 0.3 is 6.41 Å². The van der Waals surface area contributed by atoms with Crippen LogP contribution in [0.2, 0.25) is 0 Å². The van der Waals surface area contributed by atoms with Gasteiger partial charge in [0.1, 0.15) is 12.1 Å². The van der Waals surface area contributed by atoms with Gasteiger partial charge in [-0.2, -0.15) is 4.73 Å². The number of nitrogens with zero attached hydrogens (tertiary/aromatic N) is 3. The number of hydrogen-bond donors (Lipinski definition) is 0. The monoisotopic (exact) mass is 232 g/mol. The van der Waals surface area contributed by atoms with Crippen molar-refractivity contribution in [1.82, 2.24) is 4.98 Å². The predicted octanol–water partition coefficient (Wildman–Crippen LogP) is 0.601. The van der Waals surface area contributed by atoms with E-state index < -0.39 is 0 Å². The Morgan fingerprint density at radius 3 is 2.82 bits per heavy atom. The minimum absolute atomic E-state index is 0.144. The molecule has 0 bridgehead atoms. The topological polar surface area (TPSA) is 56.9 Å². The van der Waals surface area contributed by atoms with E-state index >= 15 is 0 Å². The van der Waals surface area contributed by atoms with E-state index in [0.29, 0.717) is 23.3 Å². The normalized spacial score (nSPS) is 11.6. The Bertz CT molecular complexity index is 567. The first kappa shape index (κ1) is 11.5. The van der Waals surface area contributed by atoms with Gasteiger partial charge in [0.05, 0.1) is 14.1 Å². The molecule has 0 spiro atoms. The van der Waals surface area contributed by atoms with Crippen LogP contribution in [0.15, 0.2) is 30.5 Å². The van der Waals surface area contributed by atoms with Gasteiger partial charge in [-0.1, -0.05) is 12.1 Å². The van der Waals surface area contributed by atoms with Crippen LogP contribution in [0.3, 0.4) is 0 Å². The zero-order chi connectivity index (χ0) is 12.5. The van der Waals surface area contributed by atoms with E-state index in [4.69, 9.17) is 0 Å². The second-order valence-corrected chi connectivity index (χ2v) is 4.59. The Labute approximate surface area is 99.1 Å². The van der Waals surface area contributed by atoms with Crippen LogP contribution in [0.5, 0.6) is 0 Å². The summed E-state index contributed by atoms with van der Waals surface area (Å²) >= 11 is 0. The average molecular weight is 232 g/mol. The van der Waals surface area contributed by atoms with Crippen molar-refractivity contribution in [2.24, 2.45) is 0 Å². The molecule has 1 amide bonds. The maximum atomic E-state index is 11.8. The lowest BCUT2D eigenvalue weighted by atomic mass is 10.3. The van der Waals surface area contributed by atoms with Crippen molar-refractivity contribution in [3.8, 4) is 0 Å². The first-order valence-electron chi connectivity index (χ1n) is 5.29. The van der Waals surface area contributed by atoms with Crippen molar-refractivity contribution in [2.75, 3.05) is 14.1 Å². The summed E-state index contributed by atoms with van der Waals surface area (Å²) in [5, 5.41) is 11.8. The molecule has 1 aromatic heterocycles. The second kappa shape index (κ2) is 4.10. The SMILES string of the molecule is C[N+](C)(C=O)Cc1c[n+]([O-])c2ccccc2n1. The van der Waals surface area contributed by atoms with E-state index in [1.807, 2.05) is 6.07 Å². The third kappa shape index (κ3) is 2.39. The number of quaternary nitrogens is 1. The standard InChI is InChI=1S/C12H14N3O2/c1-15(2,9-16)8-10-7-14(17)12-6-4-3-5-11(12)13-10/h3-7,9H,8H2,1-2H3/q+1. The summed E-state index contributed by atoms with van der Waals surface area (Å²) in [5.41, 5.74) is 1.79. The Morgan fingerprint density at radius 2 is 2.12 bits per heavy atom. The number of benzene rings is 1. The smallest absolute Gasteiger partial charge is 0.301 e. The highest BCUT2D eigenvalue weighted by molar-refractivity contribution is 5.70. The first-order valence-corrected chi connectivity index (χ1v) is 5.29. The van der Waals surface area contributed by atoms with Crippen LogP contribution < -0.4 is 4.73 Å². The average Bonchev–Trinajstić information content (AvgIpc) is 2.28. The molecule has 1 heterocycles. The molecule has 0 saturated heterocycles. The summed E-state index contributed by atoms with van der Waals surface area (Å²) in [6.07, 6.45) is 2.25. The van der Waals surface area contributed by atoms with Gasteiger partial charge in [-0.15, -0.1) is 0 Å². The van der Waals surface area contributed by atoms with Gasteiger partial charge in [-0.3, -0.25) is 4.48 Å². The van der Waals surface area contributed by atoms with Gasteiger partial charge < -0.3 is 5.21 Å². The lowest BCUT2D eigenvalue weighted by molar-refractivity contribution is -0.819. The minimum Gasteiger partial charge on any atom is -0.618 e. The van der Waals surface area contributed by atoms with Gasteiger partial charge in [0.2, 0.25) is 11.7 Å². The van der Waals surface area contributed by atoms with Crippen LogP contribution in [0.25, 0.3) is 11.0 Å². The fraction of sp³-hybridized carbons (Fsp3) is 0.250. The third-order valence-corrected chi connectivity index (χ3v) is 2.50. The molecule has 0 aliphatic rings. The molecule has 0 aliphatic heterocycles. The number of carbonyl (C=O) groups is 1. The summed E-state index contributed by atoms with van der Waals surface area (Å²) < 4.78 is 0.938. The summed E-state index contributed by atoms with van der Waals surface area (Å²) in [5.74, 6) is 0. The maximum Gasteiger partial charge on any atom is 0.301 e. The molecule has 5 nitrogen and oxygen atoms in total. The molecule has 1 aromatic carbocycles. The van der Waals surface area contributed by atoms with Gasteiger partial charge in [-0.05, 0) is 6.07 Å². The molecule has 88 valence electrons. The van der Waals surface area contributed by atoms with Gasteiger partial charge in [-0.25, -0.2) is 9.78 Å². The van der Waals surface area contributed by atoms with Crippen LogP contribution in [0, 0.1) is 5.21 Å². The molecule has 5 heteroatoms. The Morgan fingerprint density at radius 1 is 1.41 bits per heavy atom. The lowest BCUT2D eigenvalue weighted by Gasteiger charge is -2.20. The van der Waals surface area contributed by atoms with Crippen LogP contribution in [-0.2, 0) is 11.3 Å². The fourth-order valence-electron chi connectivity index (χ4n) is 1.66. The molecule has 0 saturated carbocycles. The van der Waals surface area contributed by atoms with Crippen molar-refractivity contribution >= 4 is 17.4 Å². The summed E-state index contributed by atoms with van der Waals surface area (Å²) in [4.78, 5) is 15.2. The molecule has 17 heavy (non-hydrogen) atoms. The van der Waals surface area contributed by atoms with Crippen LogP contribution in [0.4, 0.5) is 0 Å². The van der Waals surface area contributed by atoms with E-state index in [1.165, 1.54) is 6.20 Å². The lowest BCUT2D eigenvalue weighted by Crippen LogP contribution is -2.38. The first-order chi connectivity index (χ1) is 8.02. The molecule has 0 radical (unpaired) electrons. The minimum atomic E-state index is 0.144. The molecule has 0 aliphatic carbocycles. The van der Waals surface area contributed by atoms with Gasteiger partial charge in [0.25, 0.3) is 0 Å². The molecular formula is C12H14N3O2+. The summed E-state index contributed by atoms with van der Waals surface area (Å²) in [7, 11) is 3.53. The number of fused-ring (bicyclic) bond motifs is 1. The molecule has 2 aromatic rings.